The zero-order valence-corrected chi connectivity index (χ0v) is 20.8. The lowest BCUT2D eigenvalue weighted by molar-refractivity contribution is -0.113. The van der Waals surface area contributed by atoms with Gasteiger partial charge in [0, 0.05) is 17.1 Å². The van der Waals surface area contributed by atoms with E-state index in [2.05, 4.69) is 58.9 Å². The molecule has 2 aromatic heterocycles. The maximum absolute atomic E-state index is 12.6. The Morgan fingerprint density at radius 3 is 2.85 bits per heavy atom. The van der Waals surface area contributed by atoms with Crippen molar-refractivity contribution in [2.24, 2.45) is 0 Å². The van der Waals surface area contributed by atoms with Crippen molar-refractivity contribution in [3.63, 3.8) is 0 Å². The Kier molecular flexibility index (Phi) is 7.36. The number of carbonyl (C=O) groups excluding carboxylic acids is 1. The number of thioether (sulfide) groups is 1. The maximum Gasteiger partial charge on any atom is 0.235 e. The molecule has 0 aliphatic heterocycles. The highest BCUT2D eigenvalue weighted by molar-refractivity contribution is 7.99. The smallest absolute Gasteiger partial charge is 0.235 e. The van der Waals surface area contributed by atoms with Crippen LogP contribution < -0.4 is 10.6 Å². The van der Waals surface area contributed by atoms with E-state index in [0.29, 0.717) is 17.1 Å². The molecule has 0 fully saturated rings. The Morgan fingerprint density at radius 1 is 1.27 bits per heavy atom. The molecule has 172 valence electrons. The van der Waals surface area contributed by atoms with Gasteiger partial charge in [-0.1, -0.05) is 29.5 Å². The second kappa shape index (κ2) is 10.4. The van der Waals surface area contributed by atoms with Gasteiger partial charge in [0.1, 0.15) is 11.1 Å². The summed E-state index contributed by atoms with van der Waals surface area (Å²) in [6, 6.07) is 8.61. The fourth-order valence-electron chi connectivity index (χ4n) is 4.13. The molecule has 0 radical (unpaired) electrons. The summed E-state index contributed by atoms with van der Waals surface area (Å²) in [6.45, 7) is 7.49. The molecule has 3 aromatic rings. The van der Waals surface area contributed by atoms with Crippen LogP contribution in [0.3, 0.4) is 0 Å². The molecule has 0 saturated carbocycles. The molecule has 0 atom stereocenters. The van der Waals surface area contributed by atoms with Crippen molar-refractivity contribution in [1.82, 2.24) is 14.8 Å². The van der Waals surface area contributed by atoms with Crippen LogP contribution in [0.2, 0.25) is 0 Å². The third-order valence-electron chi connectivity index (χ3n) is 5.80. The first-order chi connectivity index (χ1) is 16.0. The van der Waals surface area contributed by atoms with Crippen molar-refractivity contribution in [2.75, 3.05) is 16.4 Å². The molecule has 1 aliphatic carbocycles. The Labute approximate surface area is 202 Å². The number of anilines is 2. The highest BCUT2D eigenvalue weighted by Crippen LogP contribution is 2.37. The lowest BCUT2D eigenvalue weighted by atomic mass is 9.96. The summed E-state index contributed by atoms with van der Waals surface area (Å²) in [7, 11) is 0. The zero-order valence-electron chi connectivity index (χ0n) is 19.2. The minimum absolute atomic E-state index is 0.129. The van der Waals surface area contributed by atoms with Gasteiger partial charge in [-0.05, 0) is 63.6 Å². The maximum atomic E-state index is 12.6. The number of thiophene rings is 1. The van der Waals surface area contributed by atoms with E-state index in [4.69, 9.17) is 0 Å². The van der Waals surface area contributed by atoms with E-state index in [0.717, 1.165) is 54.5 Å². The normalized spacial score (nSPS) is 12.8. The number of fused-ring (bicyclic) bond motifs is 1. The predicted octanol–water partition coefficient (Wildman–Crippen LogP) is 5.07. The van der Waals surface area contributed by atoms with E-state index < -0.39 is 0 Å². The van der Waals surface area contributed by atoms with Crippen LogP contribution in [-0.4, -0.2) is 26.4 Å². The van der Waals surface area contributed by atoms with Gasteiger partial charge < -0.3 is 15.2 Å². The number of nitrogens with zero attached hydrogens (tertiary/aromatic N) is 4. The van der Waals surface area contributed by atoms with E-state index in [9.17, 15) is 10.1 Å². The SMILES string of the molecule is CCn1c(CNc2ccc(C)cc2C)nnc1SCC(=O)Nc1sc2c(c1C#N)CCCC2. The highest BCUT2D eigenvalue weighted by Gasteiger charge is 2.22. The van der Waals surface area contributed by atoms with Gasteiger partial charge in [-0.3, -0.25) is 4.79 Å². The lowest BCUT2D eigenvalue weighted by Gasteiger charge is -2.11. The quantitative estimate of drug-likeness (QED) is 0.437. The van der Waals surface area contributed by atoms with Crippen LogP contribution in [0.15, 0.2) is 23.4 Å². The van der Waals surface area contributed by atoms with Gasteiger partial charge in [-0.15, -0.1) is 21.5 Å². The summed E-state index contributed by atoms with van der Waals surface area (Å²) in [5, 5.41) is 26.0. The molecule has 1 amide bonds. The zero-order chi connectivity index (χ0) is 23.4. The van der Waals surface area contributed by atoms with Crippen LogP contribution in [0.5, 0.6) is 0 Å². The second-order valence-electron chi connectivity index (χ2n) is 8.18. The molecule has 7 nitrogen and oxygen atoms in total. The minimum Gasteiger partial charge on any atom is -0.378 e. The summed E-state index contributed by atoms with van der Waals surface area (Å²) in [6.07, 6.45) is 4.18. The summed E-state index contributed by atoms with van der Waals surface area (Å²) in [5.74, 6) is 0.921. The van der Waals surface area contributed by atoms with Crippen molar-refractivity contribution >= 4 is 39.7 Å². The van der Waals surface area contributed by atoms with Gasteiger partial charge in [0.05, 0.1) is 17.9 Å². The summed E-state index contributed by atoms with van der Waals surface area (Å²) >= 11 is 2.92. The topological polar surface area (TPSA) is 95.6 Å². The summed E-state index contributed by atoms with van der Waals surface area (Å²) < 4.78 is 2.03. The molecular weight excluding hydrogens is 452 g/mol. The Hall–Kier alpha value is -2.83. The van der Waals surface area contributed by atoms with Gasteiger partial charge in [-0.25, -0.2) is 0 Å². The van der Waals surface area contributed by atoms with E-state index in [1.165, 1.54) is 27.8 Å². The largest absolute Gasteiger partial charge is 0.378 e. The number of aromatic nitrogens is 3. The standard InChI is InChI=1S/C24H28N6OS2/c1-4-30-21(13-26-19-10-9-15(2)11-16(19)3)28-29-24(30)32-14-22(31)27-23-18(12-25)17-7-5-6-8-20(17)33-23/h9-11,26H,4-8,13-14H2,1-3H3,(H,27,31). The first-order valence-corrected chi connectivity index (χ1v) is 13.0. The molecule has 2 heterocycles. The van der Waals surface area contributed by atoms with Gasteiger partial charge in [0.2, 0.25) is 5.91 Å². The molecule has 0 bridgehead atoms. The van der Waals surface area contributed by atoms with Crippen molar-refractivity contribution in [3.8, 4) is 6.07 Å². The number of nitrogens with one attached hydrogen (secondary N) is 2. The number of hydrogen-bond acceptors (Lipinski definition) is 7. The molecule has 1 aromatic carbocycles. The first-order valence-electron chi connectivity index (χ1n) is 11.2. The molecule has 2 N–H and O–H groups in total. The monoisotopic (exact) mass is 480 g/mol. The van der Waals surface area contributed by atoms with E-state index in [1.807, 2.05) is 11.5 Å². The number of nitriles is 1. The number of rotatable bonds is 8. The molecule has 9 heteroatoms. The van der Waals surface area contributed by atoms with Gasteiger partial charge in [0.25, 0.3) is 0 Å². The molecule has 1 aliphatic rings. The molecular formula is C24H28N6OS2. The molecule has 4 rings (SSSR count). The highest BCUT2D eigenvalue weighted by atomic mass is 32.2. The van der Waals surface area contributed by atoms with Crippen LogP contribution in [0.25, 0.3) is 0 Å². The van der Waals surface area contributed by atoms with E-state index in [1.54, 1.807) is 11.3 Å². The molecule has 0 spiro atoms. The number of hydrogen-bond donors (Lipinski definition) is 2. The second-order valence-corrected chi connectivity index (χ2v) is 10.2. The van der Waals surface area contributed by atoms with Crippen LogP contribution in [-0.2, 0) is 30.7 Å². The molecule has 0 saturated heterocycles. The van der Waals surface area contributed by atoms with Gasteiger partial charge in [-0.2, -0.15) is 5.26 Å². The molecule has 33 heavy (non-hydrogen) atoms. The van der Waals surface area contributed by atoms with Gasteiger partial charge >= 0.3 is 0 Å². The van der Waals surface area contributed by atoms with Crippen LogP contribution in [0.4, 0.5) is 10.7 Å². The number of carbonyl (C=O) groups is 1. The third-order valence-corrected chi connectivity index (χ3v) is 7.97. The van der Waals surface area contributed by atoms with Crippen LogP contribution in [0.1, 0.15) is 52.7 Å². The van der Waals surface area contributed by atoms with Crippen molar-refractivity contribution in [2.45, 2.75) is 64.7 Å². The van der Waals surface area contributed by atoms with Crippen molar-refractivity contribution in [3.05, 3.63) is 51.2 Å². The fourth-order valence-corrected chi connectivity index (χ4v) is 6.20. The number of amides is 1. The van der Waals surface area contributed by atoms with Crippen LogP contribution >= 0.6 is 23.1 Å². The predicted molar refractivity (Wildman–Crippen MR) is 134 cm³/mol. The van der Waals surface area contributed by atoms with E-state index in [-0.39, 0.29) is 11.7 Å². The first kappa shape index (κ1) is 23.3. The summed E-state index contributed by atoms with van der Waals surface area (Å²) in [5.41, 5.74) is 5.27. The Bertz CT molecular complexity index is 1210. The average Bonchev–Trinajstić information content (AvgIpc) is 3.36. The Balaban J connectivity index is 1.38. The number of aryl methyl sites for hydroxylation is 3. The van der Waals surface area contributed by atoms with Crippen LogP contribution in [0, 0.1) is 25.2 Å². The van der Waals surface area contributed by atoms with Crippen molar-refractivity contribution in [1.29, 1.82) is 5.26 Å². The summed E-state index contributed by atoms with van der Waals surface area (Å²) in [4.78, 5) is 13.9. The third kappa shape index (κ3) is 5.23. The van der Waals surface area contributed by atoms with Crippen molar-refractivity contribution < 1.29 is 4.79 Å². The Morgan fingerprint density at radius 2 is 2.09 bits per heavy atom. The number of benzene rings is 1. The van der Waals surface area contributed by atoms with Gasteiger partial charge in [0.15, 0.2) is 11.0 Å². The minimum atomic E-state index is -0.129. The molecule has 0 unspecified atom stereocenters. The average molecular weight is 481 g/mol. The van der Waals surface area contributed by atoms with E-state index >= 15 is 0 Å². The lowest BCUT2D eigenvalue weighted by Crippen LogP contribution is -2.15. The fraction of sp³-hybridized carbons (Fsp3) is 0.417.